The fourth-order valence-corrected chi connectivity index (χ4v) is 1.72. The average molecular weight is 265 g/mol. The van der Waals surface area contributed by atoms with E-state index in [-0.39, 0.29) is 5.91 Å². The van der Waals surface area contributed by atoms with Crippen LogP contribution in [0.5, 0.6) is 5.75 Å². The van der Waals surface area contributed by atoms with Gasteiger partial charge in [-0.2, -0.15) is 0 Å². The van der Waals surface area contributed by atoms with Crippen LogP contribution in [0, 0.1) is 0 Å². The molecule has 5 nitrogen and oxygen atoms in total. The van der Waals surface area contributed by atoms with E-state index in [1.165, 1.54) is 0 Å². The van der Waals surface area contributed by atoms with E-state index in [0.29, 0.717) is 31.0 Å². The fraction of sp³-hybridized carbons (Fsp3) is 0.500. The molecule has 0 atom stereocenters. The van der Waals surface area contributed by atoms with Crippen LogP contribution in [0.4, 0.5) is 11.4 Å². The number of nitrogens with zero attached hydrogens (tertiary/aromatic N) is 1. The Hall–Kier alpha value is -1.91. The lowest BCUT2D eigenvalue weighted by Gasteiger charge is -2.22. The molecule has 1 amide bonds. The predicted octanol–water partition coefficient (Wildman–Crippen LogP) is 1.63. The van der Waals surface area contributed by atoms with Gasteiger partial charge >= 0.3 is 0 Å². The molecule has 0 aliphatic carbocycles. The molecule has 0 aliphatic heterocycles. The molecule has 0 aliphatic rings. The number of anilines is 2. The molecule has 0 heterocycles. The number of para-hydroxylation sites is 1. The van der Waals surface area contributed by atoms with Crippen LogP contribution in [-0.2, 0) is 4.79 Å². The molecule has 0 spiro atoms. The highest BCUT2D eigenvalue weighted by Gasteiger charge is 2.10. The normalized spacial score (nSPS) is 10.1. The third kappa shape index (κ3) is 4.35. The zero-order valence-corrected chi connectivity index (χ0v) is 11.9. The first-order chi connectivity index (χ1) is 9.10. The Labute approximate surface area is 114 Å². The molecule has 3 N–H and O–H groups in total. The predicted molar refractivity (Wildman–Crippen MR) is 78.6 cm³/mol. The quantitative estimate of drug-likeness (QED) is 0.735. The van der Waals surface area contributed by atoms with E-state index in [0.717, 1.165) is 12.1 Å². The van der Waals surface area contributed by atoms with E-state index in [1.54, 1.807) is 7.05 Å². The van der Waals surface area contributed by atoms with Gasteiger partial charge < -0.3 is 20.7 Å². The van der Waals surface area contributed by atoms with Crippen LogP contribution in [0.1, 0.15) is 19.8 Å². The van der Waals surface area contributed by atoms with Crippen molar-refractivity contribution in [1.82, 2.24) is 5.32 Å². The molecule has 0 radical (unpaired) electrons. The number of nitrogens with one attached hydrogen (secondary N) is 1. The molecule has 0 fully saturated rings. The zero-order chi connectivity index (χ0) is 14.3. The van der Waals surface area contributed by atoms with E-state index in [2.05, 4.69) is 12.2 Å². The average Bonchev–Trinajstić information content (AvgIpc) is 2.43. The molecule has 1 aromatic carbocycles. The molecule has 1 aromatic rings. The van der Waals surface area contributed by atoms with Crippen molar-refractivity contribution < 1.29 is 9.53 Å². The number of carbonyl (C=O) groups is 1. The Kier molecular flexibility index (Phi) is 5.99. The number of ether oxygens (including phenoxy) is 1. The molecule has 0 saturated carbocycles. The lowest BCUT2D eigenvalue weighted by atomic mass is 10.2. The maximum atomic E-state index is 11.2. The second-order valence-corrected chi connectivity index (χ2v) is 4.38. The number of hydrogen-bond acceptors (Lipinski definition) is 4. The lowest BCUT2D eigenvalue weighted by molar-refractivity contribution is -0.120. The monoisotopic (exact) mass is 265 g/mol. The van der Waals surface area contributed by atoms with Gasteiger partial charge in [-0.15, -0.1) is 0 Å². The van der Waals surface area contributed by atoms with Gasteiger partial charge in [0.15, 0.2) is 0 Å². The van der Waals surface area contributed by atoms with Crippen molar-refractivity contribution >= 4 is 17.3 Å². The molecular weight excluding hydrogens is 242 g/mol. The van der Waals surface area contributed by atoms with Gasteiger partial charge in [-0.3, -0.25) is 4.79 Å². The van der Waals surface area contributed by atoms with E-state index in [4.69, 9.17) is 10.5 Å². The second-order valence-electron chi connectivity index (χ2n) is 4.38. The third-order valence-electron chi connectivity index (χ3n) is 2.87. The minimum Gasteiger partial charge on any atom is -0.491 e. The molecule has 0 saturated heterocycles. The van der Waals surface area contributed by atoms with Crippen LogP contribution >= 0.6 is 0 Å². The van der Waals surface area contributed by atoms with E-state index < -0.39 is 0 Å². The summed E-state index contributed by atoms with van der Waals surface area (Å²) >= 11 is 0. The van der Waals surface area contributed by atoms with Gasteiger partial charge in [-0.1, -0.05) is 13.0 Å². The van der Waals surface area contributed by atoms with Crippen molar-refractivity contribution in [3.05, 3.63) is 18.2 Å². The summed E-state index contributed by atoms with van der Waals surface area (Å²) in [6, 6.07) is 5.70. The van der Waals surface area contributed by atoms with Crippen LogP contribution in [0.2, 0.25) is 0 Å². The summed E-state index contributed by atoms with van der Waals surface area (Å²) in [5, 5.41) is 2.60. The smallest absolute Gasteiger partial charge is 0.221 e. The molecule has 1 rings (SSSR count). The summed E-state index contributed by atoms with van der Waals surface area (Å²) in [4.78, 5) is 13.2. The maximum Gasteiger partial charge on any atom is 0.221 e. The standard InChI is InChI=1S/C14H23N3O2/c1-4-10-19-12-7-5-6-11(14(12)15)17(3)9-8-13(18)16-2/h5-7H,4,8-10,15H2,1-3H3,(H,16,18). The van der Waals surface area contributed by atoms with Crippen molar-refractivity contribution in [2.45, 2.75) is 19.8 Å². The largest absolute Gasteiger partial charge is 0.491 e. The van der Waals surface area contributed by atoms with Crippen LogP contribution in [-0.4, -0.2) is 33.2 Å². The van der Waals surface area contributed by atoms with Crippen LogP contribution < -0.4 is 20.7 Å². The fourth-order valence-electron chi connectivity index (χ4n) is 1.72. The number of hydrogen-bond donors (Lipinski definition) is 2. The van der Waals surface area contributed by atoms with Crippen LogP contribution in [0.3, 0.4) is 0 Å². The first kappa shape index (κ1) is 15.1. The second kappa shape index (κ2) is 7.51. The highest BCUT2D eigenvalue weighted by molar-refractivity contribution is 5.77. The van der Waals surface area contributed by atoms with Gasteiger partial charge in [0.2, 0.25) is 5.91 Å². The Morgan fingerprint density at radius 2 is 2.21 bits per heavy atom. The molecular formula is C14H23N3O2. The molecule has 5 heteroatoms. The SMILES string of the molecule is CCCOc1cccc(N(C)CCC(=O)NC)c1N. The van der Waals surface area contributed by atoms with Gasteiger partial charge in [0.25, 0.3) is 0 Å². The summed E-state index contributed by atoms with van der Waals surface area (Å²) < 4.78 is 5.59. The Morgan fingerprint density at radius 1 is 1.47 bits per heavy atom. The van der Waals surface area contributed by atoms with Crippen molar-refractivity contribution in [3.8, 4) is 5.75 Å². The lowest BCUT2D eigenvalue weighted by Crippen LogP contribution is -2.26. The Balaban J connectivity index is 2.73. The van der Waals surface area contributed by atoms with Crippen molar-refractivity contribution in [1.29, 1.82) is 0 Å². The molecule has 106 valence electrons. The summed E-state index contributed by atoms with van der Waals surface area (Å²) in [6.45, 7) is 3.31. The molecule has 0 aromatic heterocycles. The van der Waals surface area contributed by atoms with Gasteiger partial charge in [-0.05, 0) is 18.6 Å². The van der Waals surface area contributed by atoms with Gasteiger partial charge in [-0.25, -0.2) is 0 Å². The topological polar surface area (TPSA) is 67.6 Å². The zero-order valence-electron chi connectivity index (χ0n) is 11.9. The number of carbonyl (C=O) groups excluding carboxylic acids is 1. The van der Waals surface area contributed by atoms with Crippen molar-refractivity contribution in [2.75, 3.05) is 37.9 Å². The van der Waals surface area contributed by atoms with Crippen molar-refractivity contribution in [3.63, 3.8) is 0 Å². The first-order valence-corrected chi connectivity index (χ1v) is 6.53. The van der Waals surface area contributed by atoms with Crippen molar-refractivity contribution in [2.24, 2.45) is 0 Å². The number of benzene rings is 1. The number of nitrogen functional groups attached to an aromatic ring is 1. The minimum absolute atomic E-state index is 0.0174. The minimum atomic E-state index is 0.0174. The summed E-state index contributed by atoms with van der Waals surface area (Å²) in [6.07, 6.45) is 1.38. The third-order valence-corrected chi connectivity index (χ3v) is 2.87. The van der Waals surface area contributed by atoms with Gasteiger partial charge in [0.1, 0.15) is 5.75 Å². The molecule has 0 unspecified atom stereocenters. The Bertz CT molecular complexity index is 421. The highest BCUT2D eigenvalue weighted by atomic mass is 16.5. The number of rotatable bonds is 7. The number of nitrogens with two attached hydrogens (primary N) is 1. The van der Waals surface area contributed by atoms with Crippen LogP contribution in [0.15, 0.2) is 18.2 Å². The highest BCUT2D eigenvalue weighted by Crippen LogP contribution is 2.31. The van der Waals surface area contributed by atoms with E-state index in [1.807, 2.05) is 30.1 Å². The molecule has 0 bridgehead atoms. The number of amides is 1. The maximum absolute atomic E-state index is 11.2. The Morgan fingerprint density at radius 3 is 2.84 bits per heavy atom. The van der Waals surface area contributed by atoms with Crippen LogP contribution in [0.25, 0.3) is 0 Å². The first-order valence-electron chi connectivity index (χ1n) is 6.53. The summed E-state index contributed by atoms with van der Waals surface area (Å²) in [5.41, 5.74) is 7.60. The summed E-state index contributed by atoms with van der Waals surface area (Å²) in [5.74, 6) is 0.718. The van der Waals surface area contributed by atoms with Gasteiger partial charge in [0.05, 0.1) is 18.0 Å². The van der Waals surface area contributed by atoms with Gasteiger partial charge in [0, 0.05) is 27.1 Å². The van der Waals surface area contributed by atoms with E-state index >= 15 is 0 Å². The summed E-state index contributed by atoms with van der Waals surface area (Å²) in [7, 11) is 3.55. The molecule has 19 heavy (non-hydrogen) atoms. The van der Waals surface area contributed by atoms with E-state index in [9.17, 15) is 4.79 Å².